The Labute approximate surface area is 158 Å². The van der Waals surface area contributed by atoms with Crippen molar-refractivity contribution in [1.29, 1.82) is 0 Å². The minimum atomic E-state index is -3.55. The summed E-state index contributed by atoms with van der Waals surface area (Å²) in [5.41, 5.74) is 0.780. The van der Waals surface area contributed by atoms with Gasteiger partial charge in [-0.3, -0.25) is 4.79 Å². The molecule has 0 radical (unpaired) electrons. The molecule has 0 saturated heterocycles. The van der Waals surface area contributed by atoms with E-state index in [0.717, 1.165) is 6.42 Å². The van der Waals surface area contributed by atoms with Crippen molar-refractivity contribution in [3.8, 4) is 5.75 Å². The average Bonchev–Trinajstić information content (AvgIpc) is 2.61. The molecule has 140 valence electrons. The van der Waals surface area contributed by atoms with Crippen molar-refractivity contribution < 1.29 is 17.9 Å². The number of hydrogen-bond acceptors (Lipinski definition) is 4. The van der Waals surface area contributed by atoms with Crippen LogP contribution in [-0.2, 0) is 10.0 Å². The number of carbonyl (C=O) groups excluding carboxylic acids is 1. The van der Waals surface area contributed by atoms with Gasteiger partial charge in [-0.05, 0) is 48.9 Å². The fourth-order valence-corrected chi connectivity index (χ4v) is 3.40. The van der Waals surface area contributed by atoms with E-state index in [1.165, 1.54) is 24.3 Å². The lowest BCUT2D eigenvalue weighted by molar-refractivity contribution is 0.102. The monoisotopic (exact) mass is 396 g/mol. The highest BCUT2D eigenvalue weighted by atomic mass is 35.5. The maximum absolute atomic E-state index is 12.5. The number of rotatable bonds is 8. The fraction of sp³-hybridized carbons (Fsp3) is 0.278. The maximum atomic E-state index is 12.5. The molecule has 26 heavy (non-hydrogen) atoms. The van der Waals surface area contributed by atoms with Crippen LogP contribution in [0, 0.1) is 0 Å². The van der Waals surface area contributed by atoms with Crippen molar-refractivity contribution in [3.05, 3.63) is 53.1 Å². The third-order valence-corrected chi connectivity index (χ3v) is 5.21. The quantitative estimate of drug-likeness (QED) is 0.712. The first-order chi connectivity index (χ1) is 12.4. The van der Waals surface area contributed by atoms with Gasteiger partial charge in [0.2, 0.25) is 10.0 Å². The van der Waals surface area contributed by atoms with Crippen LogP contribution in [0.3, 0.4) is 0 Å². The van der Waals surface area contributed by atoms with E-state index in [-0.39, 0.29) is 10.8 Å². The first kappa shape index (κ1) is 20.2. The molecule has 0 aliphatic rings. The van der Waals surface area contributed by atoms with E-state index < -0.39 is 10.0 Å². The Hall–Kier alpha value is -2.09. The van der Waals surface area contributed by atoms with E-state index >= 15 is 0 Å². The summed E-state index contributed by atoms with van der Waals surface area (Å²) < 4.78 is 31.9. The molecule has 0 bridgehead atoms. The topological polar surface area (TPSA) is 84.5 Å². The van der Waals surface area contributed by atoms with Gasteiger partial charge in [0, 0.05) is 17.1 Å². The lowest BCUT2D eigenvalue weighted by Gasteiger charge is -2.13. The number of ether oxygens (including phenoxy) is 1. The summed E-state index contributed by atoms with van der Waals surface area (Å²) in [5.74, 6) is 0.136. The standard InChI is InChI=1S/C18H21ClN2O4S/c1-3-11-25-17-10-7-14(19)12-16(17)21-18(22)13-5-8-15(9-6-13)26(23,24)20-4-2/h5-10,12,20H,3-4,11H2,1-2H3,(H,21,22). The van der Waals surface area contributed by atoms with E-state index in [2.05, 4.69) is 10.0 Å². The summed E-state index contributed by atoms with van der Waals surface area (Å²) in [6, 6.07) is 10.7. The second-order valence-corrected chi connectivity index (χ2v) is 7.67. The summed E-state index contributed by atoms with van der Waals surface area (Å²) in [4.78, 5) is 12.6. The van der Waals surface area contributed by atoms with Crippen LogP contribution < -0.4 is 14.8 Å². The second kappa shape index (κ2) is 9.02. The number of hydrogen-bond donors (Lipinski definition) is 2. The Morgan fingerprint density at radius 2 is 1.81 bits per heavy atom. The predicted octanol–water partition coefficient (Wildman–Crippen LogP) is 3.68. The lowest BCUT2D eigenvalue weighted by atomic mass is 10.2. The van der Waals surface area contributed by atoms with Gasteiger partial charge in [0.25, 0.3) is 5.91 Å². The van der Waals surface area contributed by atoms with Crippen molar-refractivity contribution >= 4 is 33.2 Å². The fourth-order valence-electron chi connectivity index (χ4n) is 2.19. The van der Waals surface area contributed by atoms with Crippen LogP contribution in [0.5, 0.6) is 5.75 Å². The van der Waals surface area contributed by atoms with Gasteiger partial charge in [0.1, 0.15) is 5.75 Å². The molecule has 2 N–H and O–H groups in total. The molecule has 0 heterocycles. The van der Waals surface area contributed by atoms with Crippen molar-refractivity contribution in [2.24, 2.45) is 0 Å². The van der Waals surface area contributed by atoms with E-state index in [0.29, 0.717) is 35.2 Å². The summed E-state index contributed by atoms with van der Waals surface area (Å²) in [5, 5.41) is 3.22. The summed E-state index contributed by atoms with van der Waals surface area (Å²) >= 11 is 6.00. The minimum absolute atomic E-state index is 0.102. The van der Waals surface area contributed by atoms with Crippen molar-refractivity contribution in [2.45, 2.75) is 25.2 Å². The number of benzene rings is 2. The van der Waals surface area contributed by atoms with Gasteiger partial charge in [0.15, 0.2) is 0 Å². The SMILES string of the molecule is CCCOc1ccc(Cl)cc1NC(=O)c1ccc(S(=O)(=O)NCC)cc1. The Bertz CT molecular complexity index is 867. The average molecular weight is 397 g/mol. The van der Waals surface area contributed by atoms with Crippen LogP contribution >= 0.6 is 11.6 Å². The van der Waals surface area contributed by atoms with E-state index in [4.69, 9.17) is 16.3 Å². The molecular formula is C18H21ClN2O4S. The summed E-state index contributed by atoms with van der Waals surface area (Å²) in [6.07, 6.45) is 0.831. The molecular weight excluding hydrogens is 376 g/mol. The Kier molecular flexibility index (Phi) is 7.02. The third-order valence-electron chi connectivity index (χ3n) is 3.41. The minimum Gasteiger partial charge on any atom is -0.491 e. The van der Waals surface area contributed by atoms with Gasteiger partial charge in [-0.25, -0.2) is 13.1 Å². The van der Waals surface area contributed by atoms with Gasteiger partial charge >= 0.3 is 0 Å². The molecule has 0 aliphatic carbocycles. The van der Waals surface area contributed by atoms with Crippen molar-refractivity contribution in [2.75, 3.05) is 18.5 Å². The maximum Gasteiger partial charge on any atom is 0.255 e. The highest BCUT2D eigenvalue weighted by Crippen LogP contribution is 2.28. The molecule has 0 aliphatic heterocycles. The predicted molar refractivity (Wildman–Crippen MR) is 102 cm³/mol. The van der Waals surface area contributed by atoms with Crippen molar-refractivity contribution in [1.82, 2.24) is 4.72 Å². The normalized spacial score (nSPS) is 11.2. The van der Waals surface area contributed by atoms with Crippen LogP contribution in [0.4, 0.5) is 5.69 Å². The highest BCUT2D eigenvalue weighted by molar-refractivity contribution is 7.89. The summed E-state index contributed by atoms with van der Waals surface area (Å²) in [6.45, 7) is 4.49. The molecule has 0 spiro atoms. The van der Waals surface area contributed by atoms with E-state index in [9.17, 15) is 13.2 Å². The van der Waals surface area contributed by atoms with Gasteiger partial charge in [0.05, 0.1) is 17.2 Å². The second-order valence-electron chi connectivity index (χ2n) is 5.47. The third kappa shape index (κ3) is 5.20. The molecule has 1 amide bonds. The van der Waals surface area contributed by atoms with Crippen LogP contribution in [0.25, 0.3) is 0 Å². The number of sulfonamides is 1. The zero-order valence-electron chi connectivity index (χ0n) is 14.6. The van der Waals surface area contributed by atoms with Gasteiger partial charge in [-0.2, -0.15) is 0 Å². The Morgan fingerprint density at radius 3 is 2.42 bits per heavy atom. The molecule has 8 heteroatoms. The summed E-state index contributed by atoms with van der Waals surface area (Å²) in [7, 11) is -3.55. The molecule has 0 fully saturated rings. The first-order valence-corrected chi connectivity index (χ1v) is 10.1. The molecule has 2 rings (SSSR count). The smallest absolute Gasteiger partial charge is 0.255 e. The molecule has 6 nitrogen and oxygen atoms in total. The molecule has 0 unspecified atom stereocenters. The lowest BCUT2D eigenvalue weighted by Crippen LogP contribution is -2.23. The van der Waals surface area contributed by atoms with Crippen LogP contribution in [0.15, 0.2) is 47.4 Å². The van der Waals surface area contributed by atoms with Crippen molar-refractivity contribution in [3.63, 3.8) is 0 Å². The number of anilines is 1. The van der Waals surface area contributed by atoms with Gasteiger partial charge < -0.3 is 10.1 Å². The Morgan fingerprint density at radius 1 is 1.12 bits per heavy atom. The largest absolute Gasteiger partial charge is 0.491 e. The Balaban J connectivity index is 2.19. The molecule has 2 aromatic rings. The first-order valence-electron chi connectivity index (χ1n) is 8.20. The zero-order chi connectivity index (χ0) is 19.2. The molecule has 0 saturated carbocycles. The van der Waals surface area contributed by atoms with Crippen LogP contribution in [0.1, 0.15) is 30.6 Å². The number of halogens is 1. The van der Waals surface area contributed by atoms with Gasteiger partial charge in [-0.15, -0.1) is 0 Å². The van der Waals surface area contributed by atoms with Crippen LogP contribution in [-0.4, -0.2) is 27.5 Å². The van der Waals surface area contributed by atoms with Gasteiger partial charge in [-0.1, -0.05) is 25.4 Å². The number of nitrogens with one attached hydrogen (secondary N) is 2. The van der Waals surface area contributed by atoms with E-state index in [1.807, 2.05) is 6.92 Å². The highest BCUT2D eigenvalue weighted by Gasteiger charge is 2.15. The number of carbonyl (C=O) groups is 1. The van der Waals surface area contributed by atoms with Crippen LogP contribution in [0.2, 0.25) is 5.02 Å². The molecule has 0 atom stereocenters. The molecule has 0 aromatic heterocycles. The van der Waals surface area contributed by atoms with E-state index in [1.54, 1.807) is 25.1 Å². The zero-order valence-corrected chi connectivity index (χ0v) is 16.2. The molecule has 2 aromatic carbocycles. The number of amides is 1.